The van der Waals surface area contributed by atoms with Crippen molar-refractivity contribution in [3.05, 3.63) is 35.4 Å². The fourth-order valence-electron chi connectivity index (χ4n) is 1.84. The highest BCUT2D eigenvalue weighted by Gasteiger charge is 2.45. The predicted octanol–water partition coefficient (Wildman–Crippen LogP) is 2.06. The maximum Gasteiger partial charge on any atom is 0.448 e. The molecule has 3 N–H and O–H groups in total. The van der Waals surface area contributed by atoms with Gasteiger partial charge in [-0.3, -0.25) is 0 Å². The minimum atomic E-state index is -4.53. The number of halogens is 3. The maximum absolute atomic E-state index is 12.5. The van der Waals surface area contributed by atoms with Crippen LogP contribution in [-0.2, 0) is 11.4 Å². The van der Waals surface area contributed by atoms with Gasteiger partial charge in [-0.15, -0.1) is 0 Å². The fraction of sp³-hybridized carbons (Fsp3) is 0.429. The average molecular weight is 330 g/mol. The molecule has 0 radical (unpaired) electrons. The number of oxime groups is 1. The largest absolute Gasteiger partial charge is 0.448 e. The van der Waals surface area contributed by atoms with Crippen LogP contribution in [0.1, 0.15) is 25.0 Å². The van der Waals surface area contributed by atoms with Crippen LogP contribution in [0.5, 0.6) is 0 Å². The molecule has 9 heteroatoms. The fourth-order valence-corrected chi connectivity index (χ4v) is 1.84. The van der Waals surface area contributed by atoms with Gasteiger partial charge in [-0.1, -0.05) is 29.4 Å². The maximum atomic E-state index is 12.5. The van der Waals surface area contributed by atoms with E-state index in [0.29, 0.717) is 12.1 Å². The lowest BCUT2D eigenvalue weighted by Gasteiger charge is -2.13. The molecule has 1 aromatic rings. The number of amides is 2. The van der Waals surface area contributed by atoms with Crippen LogP contribution in [0.25, 0.3) is 0 Å². The molecule has 0 fully saturated rings. The van der Waals surface area contributed by atoms with E-state index >= 15 is 0 Å². The summed E-state index contributed by atoms with van der Waals surface area (Å²) < 4.78 is 37.4. The first-order valence-corrected chi connectivity index (χ1v) is 6.96. The zero-order valence-electron chi connectivity index (χ0n) is 12.6. The highest BCUT2D eigenvalue weighted by molar-refractivity contribution is 5.99. The molecule has 0 bridgehead atoms. The topological polar surface area (TPSA) is 74.8 Å². The van der Waals surface area contributed by atoms with Crippen molar-refractivity contribution in [1.29, 1.82) is 0 Å². The lowest BCUT2D eigenvalue weighted by Crippen LogP contribution is -2.41. The van der Waals surface area contributed by atoms with Crippen LogP contribution in [0.3, 0.4) is 0 Å². The number of urea groups is 1. The monoisotopic (exact) mass is 330 g/mol. The van der Waals surface area contributed by atoms with Crippen LogP contribution >= 0.6 is 0 Å². The van der Waals surface area contributed by atoms with Crippen molar-refractivity contribution in [2.75, 3.05) is 0 Å². The summed E-state index contributed by atoms with van der Waals surface area (Å²) in [5.74, 6) is 0.0179. The van der Waals surface area contributed by atoms with E-state index in [1.54, 1.807) is 24.3 Å². The summed E-state index contributed by atoms with van der Waals surface area (Å²) >= 11 is 0. The first-order valence-electron chi connectivity index (χ1n) is 6.96. The van der Waals surface area contributed by atoms with Crippen LogP contribution in [0, 0.1) is 0 Å². The van der Waals surface area contributed by atoms with E-state index in [2.05, 4.69) is 25.9 Å². The van der Waals surface area contributed by atoms with E-state index in [1.165, 1.54) is 0 Å². The molecule has 1 unspecified atom stereocenters. The van der Waals surface area contributed by atoms with E-state index in [4.69, 9.17) is 0 Å². The highest BCUT2D eigenvalue weighted by atomic mass is 19.4. The summed E-state index contributed by atoms with van der Waals surface area (Å²) in [5.41, 5.74) is 1.27. The number of hydrogen-bond acceptors (Lipinski definition) is 4. The second kappa shape index (κ2) is 6.76. The lowest BCUT2D eigenvalue weighted by atomic mass is 10.1. The van der Waals surface area contributed by atoms with E-state index in [-0.39, 0.29) is 17.9 Å². The van der Waals surface area contributed by atoms with E-state index < -0.39 is 12.4 Å². The number of benzene rings is 1. The van der Waals surface area contributed by atoms with Gasteiger partial charge in [-0.2, -0.15) is 13.2 Å². The molecule has 2 amide bonds. The number of hydrogen-bond donors (Lipinski definition) is 3. The molecule has 0 saturated carbocycles. The molecule has 1 aliphatic heterocycles. The van der Waals surface area contributed by atoms with Crippen molar-refractivity contribution in [3.8, 4) is 0 Å². The molecular formula is C14H17F3N4O2. The van der Waals surface area contributed by atoms with Crippen LogP contribution in [0.2, 0.25) is 0 Å². The van der Waals surface area contributed by atoms with Gasteiger partial charge in [0.25, 0.3) is 6.23 Å². The Morgan fingerprint density at radius 2 is 2.00 bits per heavy atom. The number of rotatable bonds is 4. The van der Waals surface area contributed by atoms with Gasteiger partial charge in [0.2, 0.25) is 0 Å². The number of carbonyl (C=O) groups excluding carboxylic acids is 1. The Morgan fingerprint density at radius 3 is 2.52 bits per heavy atom. The first kappa shape index (κ1) is 16.9. The summed E-state index contributed by atoms with van der Waals surface area (Å²) in [7, 11) is 0. The van der Waals surface area contributed by atoms with Crippen LogP contribution in [-0.4, -0.2) is 30.3 Å². The first-order chi connectivity index (χ1) is 10.8. The number of carbonyl (C=O) groups is 1. The third-order valence-electron chi connectivity index (χ3n) is 2.91. The third kappa shape index (κ3) is 4.76. The third-order valence-corrected chi connectivity index (χ3v) is 2.91. The molecule has 0 aliphatic carbocycles. The molecule has 0 aromatic heterocycles. The van der Waals surface area contributed by atoms with Gasteiger partial charge in [-0.25, -0.2) is 4.79 Å². The Morgan fingerprint density at radius 1 is 1.35 bits per heavy atom. The molecule has 1 aliphatic rings. The van der Waals surface area contributed by atoms with E-state index in [9.17, 15) is 18.0 Å². The minimum Gasteiger partial charge on any atom is -0.359 e. The molecule has 126 valence electrons. The van der Waals surface area contributed by atoms with Crippen LogP contribution in [0.15, 0.2) is 29.4 Å². The molecule has 1 aromatic carbocycles. The molecular weight excluding hydrogens is 313 g/mol. The Balaban J connectivity index is 1.89. The lowest BCUT2D eigenvalue weighted by molar-refractivity contribution is -0.218. The van der Waals surface area contributed by atoms with Gasteiger partial charge in [0, 0.05) is 18.2 Å². The summed E-state index contributed by atoms with van der Waals surface area (Å²) in [4.78, 5) is 15.8. The zero-order chi connectivity index (χ0) is 17.0. The normalized spacial score (nSPS) is 17.3. The zero-order valence-corrected chi connectivity index (χ0v) is 12.6. The molecule has 1 atom stereocenters. The van der Waals surface area contributed by atoms with Gasteiger partial charge < -0.3 is 20.8 Å². The van der Waals surface area contributed by atoms with E-state index in [1.807, 2.05) is 13.8 Å². The second-order valence-corrected chi connectivity index (χ2v) is 5.29. The van der Waals surface area contributed by atoms with Crippen molar-refractivity contribution in [2.24, 2.45) is 5.16 Å². The Kier molecular flexibility index (Phi) is 4.97. The van der Waals surface area contributed by atoms with Crippen molar-refractivity contribution >= 4 is 11.9 Å². The molecule has 2 rings (SSSR count). The van der Waals surface area contributed by atoms with E-state index in [0.717, 1.165) is 5.56 Å². The Bertz CT molecular complexity index is 585. The van der Waals surface area contributed by atoms with Crippen molar-refractivity contribution in [2.45, 2.75) is 38.8 Å². The molecule has 0 saturated heterocycles. The summed E-state index contributed by atoms with van der Waals surface area (Å²) in [6, 6.07) is 6.33. The van der Waals surface area contributed by atoms with Crippen LogP contribution in [0.4, 0.5) is 18.0 Å². The van der Waals surface area contributed by atoms with Crippen molar-refractivity contribution in [1.82, 2.24) is 16.0 Å². The van der Waals surface area contributed by atoms with Gasteiger partial charge in [-0.05, 0) is 19.4 Å². The molecule has 0 spiro atoms. The van der Waals surface area contributed by atoms with Crippen molar-refractivity contribution in [3.63, 3.8) is 0 Å². The number of nitrogens with one attached hydrogen (secondary N) is 3. The molecule has 1 heterocycles. The van der Waals surface area contributed by atoms with Gasteiger partial charge in [0.05, 0.1) is 0 Å². The number of alkyl halides is 3. The SMILES string of the molecule is CC(C)NC(=O)NCc1ccc(C2=NOC(C(F)(F)F)N2)cc1. The van der Waals surface area contributed by atoms with Gasteiger partial charge in [0.15, 0.2) is 5.84 Å². The smallest absolute Gasteiger partial charge is 0.359 e. The Hall–Kier alpha value is -2.45. The molecule has 23 heavy (non-hydrogen) atoms. The standard InChI is InChI=1S/C14H17F3N4O2/c1-8(2)19-13(22)18-7-9-3-5-10(6-4-9)11-20-12(23-21-11)14(15,16)17/h3-6,8,12H,7H2,1-2H3,(H,20,21)(H2,18,19,22). The summed E-state index contributed by atoms with van der Waals surface area (Å²) in [5, 5.41) is 10.9. The predicted molar refractivity (Wildman–Crippen MR) is 77.6 cm³/mol. The quantitative estimate of drug-likeness (QED) is 0.791. The second-order valence-electron chi connectivity index (χ2n) is 5.29. The molecule has 6 nitrogen and oxygen atoms in total. The highest BCUT2D eigenvalue weighted by Crippen LogP contribution is 2.24. The van der Waals surface area contributed by atoms with Gasteiger partial charge >= 0.3 is 12.2 Å². The number of nitrogens with zero attached hydrogens (tertiary/aromatic N) is 1. The summed E-state index contributed by atoms with van der Waals surface area (Å²) in [6.07, 6.45) is -6.66. The Labute approximate surface area is 131 Å². The average Bonchev–Trinajstić information content (AvgIpc) is 2.95. The summed E-state index contributed by atoms with van der Waals surface area (Å²) in [6.45, 7) is 4.00. The van der Waals surface area contributed by atoms with Crippen LogP contribution < -0.4 is 16.0 Å². The minimum absolute atomic E-state index is 0.0179. The van der Waals surface area contributed by atoms with Gasteiger partial charge in [0.1, 0.15) is 0 Å². The number of amidine groups is 1. The van der Waals surface area contributed by atoms with Crippen molar-refractivity contribution < 1.29 is 22.8 Å².